The Bertz CT molecular complexity index is 424. The van der Waals surface area contributed by atoms with Gasteiger partial charge in [0.05, 0.1) is 0 Å². The lowest BCUT2D eigenvalue weighted by Gasteiger charge is -2.33. The van der Waals surface area contributed by atoms with Crippen LogP contribution in [0.5, 0.6) is 0 Å². The van der Waals surface area contributed by atoms with Crippen molar-refractivity contribution >= 4 is 5.91 Å². The fourth-order valence-electron chi connectivity index (χ4n) is 2.56. The number of carbonyl (C=O) groups excluding carboxylic acids is 1. The molecule has 0 saturated carbocycles. The second kappa shape index (κ2) is 6.15. The molecule has 0 aliphatic carbocycles. The van der Waals surface area contributed by atoms with Crippen LogP contribution in [0.15, 0.2) is 24.3 Å². The number of hydrogen-bond donors (Lipinski definition) is 1. The van der Waals surface area contributed by atoms with E-state index in [1.54, 1.807) is 6.92 Å². The van der Waals surface area contributed by atoms with Crippen LogP contribution in [0.4, 0.5) is 4.39 Å². The minimum Gasteiger partial charge on any atom is -0.343 e. The molecule has 1 heterocycles. The second-order valence-corrected chi connectivity index (χ2v) is 5.22. The van der Waals surface area contributed by atoms with Crippen molar-refractivity contribution in [2.24, 2.45) is 0 Å². The number of nitrogens with one attached hydrogen (secondary N) is 1. The number of nitrogens with zero attached hydrogens (tertiary/aromatic N) is 1. The van der Waals surface area contributed by atoms with E-state index in [4.69, 9.17) is 0 Å². The van der Waals surface area contributed by atoms with Gasteiger partial charge in [-0.25, -0.2) is 4.39 Å². The van der Waals surface area contributed by atoms with Gasteiger partial charge in [0.2, 0.25) is 5.91 Å². The van der Waals surface area contributed by atoms with Crippen LogP contribution in [0.2, 0.25) is 0 Å². The molecule has 1 N–H and O–H groups in total. The van der Waals surface area contributed by atoms with Crippen LogP contribution < -0.4 is 5.32 Å². The zero-order chi connectivity index (χ0) is 13.8. The molecule has 104 valence electrons. The number of hydrogen-bond acceptors (Lipinski definition) is 2. The molecular weight excluding hydrogens is 243 g/mol. The summed E-state index contributed by atoms with van der Waals surface area (Å²) in [6, 6.07) is 7.25. The predicted octanol–water partition coefficient (Wildman–Crippen LogP) is 2.49. The highest BCUT2D eigenvalue weighted by Crippen LogP contribution is 2.17. The summed E-state index contributed by atoms with van der Waals surface area (Å²) in [5.41, 5.74) is 1.09. The Morgan fingerprint density at radius 2 is 1.89 bits per heavy atom. The summed E-state index contributed by atoms with van der Waals surface area (Å²) >= 11 is 0. The molecule has 0 aromatic heterocycles. The number of carbonyl (C=O) groups is 1. The van der Waals surface area contributed by atoms with Gasteiger partial charge in [-0.2, -0.15) is 0 Å². The van der Waals surface area contributed by atoms with E-state index >= 15 is 0 Å². The fraction of sp³-hybridized carbons (Fsp3) is 0.533. The molecule has 1 aliphatic heterocycles. The van der Waals surface area contributed by atoms with E-state index in [9.17, 15) is 9.18 Å². The summed E-state index contributed by atoms with van der Waals surface area (Å²) < 4.78 is 12.9. The van der Waals surface area contributed by atoms with E-state index in [0.29, 0.717) is 6.04 Å². The SMILES string of the molecule is CC(=O)N1CCC(N[C@@H](C)c2ccc(F)cc2)CC1. The minimum atomic E-state index is -0.203. The Labute approximate surface area is 113 Å². The molecule has 3 nitrogen and oxygen atoms in total. The predicted molar refractivity (Wildman–Crippen MR) is 73.2 cm³/mol. The molecule has 1 aliphatic rings. The molecular formula is C15H21FN2O. The smallest absolute Gasteiger partial charge is 0.219 e. The Hall–Kier alpha value is -1.42. The maximum atomic E-state index is 12.9. The minimum absolute atomic E-state index is 0.157. The van der Waals surface area contributed by atoms with E-state index < -0.39 is 0 Å². The van der Waals surface area contributed by atoms with E-state index in [1.807, 2.05) is 17.0 Å². The molecule has 1 atom stereocenters. The van der Waals surface area contributed by atoms with E-state index in [1.165, 1.54) is 12.1 Å². The monoisotopic (exact) mass is 264 g/mol. The molecule has 4 heteroatoms. The Morgan fingerprint density at radius 3 is 2.42 bits per heavy atom. The lowest BCUT2D eigenvalue weighted by molar-refractivity contribution is -0.129. The van der Waals surface area contributed by atoms with Crippen LogP contribution in [0.3, 0.4) is 0 Å². The lowest BCUT2D eigenvalue weighted by atomic mass is 10.0. The molecule has 1 amide bonds. The lowest BCUT2D eigenvalue weighted by Crippen LogP contribution is -2.44. The van der Waals surface area contributed by atoms with Crippen molar-refractivity contribution in [3.05, 3.63) is 35.6 Å². The van der Waals surface area contributed by atoms with Gasteiger partial charge in [-0.05, 0) is 37.5 Å². The van der Waals surface area contributed by atoms with Gasteiger partial charge in [-0.1, -0.05) is 12.1 Å². The first kappa shape index (κ1) is 14.0. The highest BCUT2D eigenvalue weighted by Gasteiger charge is 2.21. The third-order valence-corrected chi connectivity index (χ3v) is 3.80. The van der Waals surface area contributed by atoms with Gasteiger partial charge >= 0.3 is 0 Å². The molecule has 0 spiro atoms. The molecule has 19 heavy (non-hydrogen) atoms. The summed E-state index contributed by atoms with van der Waals surface area (Å²) in [7, 11) is 0. The van der Waals surface area contributed by atoms with Gasteiger partial charge in [0.25, 0.3) is 0 Å². The molecule has 2 rings (SSSR count). The summed E-state index contributed by atoms with van der Waals surface area (Å²) in [6.45, 7) is 5.35. The third kappa shape index (κ3) is 3.77. The van der Waals surface area contributed by atoms with Gasteiger partial charge in [-0.3, -0.25) is 4.79 Å². The summed E-state index contributed by atoms with van der Waals surface area (Å²) in [4.78, 5) is 13.1. The van der Waals surface area contributed by atoms with Crippen molar-refractivity contribution < 1.29 is 9.18 Å². The number of halogens is 1. The normalized spacial score (nSPS) is 18.4. The van der Waals surface area contributed by atoms with Gasteiger partial charge in [-0.15, -0.1) is 0 Å². The zero-order valence-electron chi connectivity index (χ0n) is 11.5. The zero-order valence-corrected chi connectivity index (χ0v) is 11.5. The first-order valence-corrected chi connectivity index (χ1v) is 6.83. The van der Waals surface area contributed by atoms with Crippen LogP contribution in [0.25, 0.3) is 0 Å². The van der Waals surface area contributed by atoms with Crippen LogP contribution in [0.1, 0.15) is 38.3 Å². The fourth-order valence-corrected chi connectivity index (χ4v) is 2.56. The van der Waals surface area contributed by atoms with Crippen molar-refractivity contribution in [2.45, 2.75) is 38.8 Å². The number of likely N-dealkylation sites (tertiary alicyclic amines) is 1. The largest absolute Gasteiger partial charge is 0.343 e. The molecule has 1 aromatic rings. The number of piperidine rings is 1. The maximum absolute atomic E-state index is 12.9. The topological polar surface area (TPSA) is 32.3 Å². The Kier molecular flexibility index (Phi) is 4.53. The van der Waals surface area contributed by atoms with Crippen molar-refractivity contribution in [3.63, 3.8) is 0 Å². The Morgan fingerprint density at radius 1 is 1.32 bits per heavy atom. The second-order valence-electron chi connectivity index (χ2n) is 5.22. The van der Waals surface area contributed by atoms with Crippen molar-refractivity contribution in [3.8, 4) is 0 Å². The highest BCUT2D eigenvalue weighted by molar-refractivity contribution is 5.73. The van der Waals surface area contributed by atoms with Gasteiger partial charge in [0, 0.05) is 32.1 Å². The van der Waals surface area contributed by atoms with E-state index in [2.05, 4.69) is 12.2 Å². The standard InChI is InChI=1S/C15H21FN2O/c1-11(13-3-5-14(16)6-4-13)17-15-7-9-18(10-8-15)12(2)19/h3-6,11,15,17H,7-10H2,1-2H3/t11-/m0/s1. The van der Waals surface area contributed by atoms with E-state index in [0.717, 1.165) is 31.5 Å². The molecule has 0 radical (unpaired) electrons. The first-order chi connectivity index (χ1) is 9.06. The summed E-state index contributed by atoms with van der Waals surface area (Å²) in [6.07, 6.45) is 1.95. The Balaban J connectivity index is 1.85. The van der Waals surface area contributed by atoms with E-state index in [-0.39, 0.29) is 17.8 Å². The molecule has 1 saturated heterocycles. The van der Waals surface area contributed by atoms with Crippen molar-refractivity contribution in [1.82, 2.24) is 10.2 Å². The van der Waals surface area contributed by atoms with Crippen LogP contribution in [-0.2, 0) is 4.79 Å². The average Bonchev–Trinajstić information content (AvgIpc) is 2.40. The number of benzene rings is 1. The molecule has 0 unspecified atom stereocenters. The molecule has 0 bridgehead atoms. The van der Waals surface area contributed by atoms with Crippen molar-refractivity contribution in [2.75, 3.05) is 13.1 Å². The summed E-state index contributed by atoms with van der Waals surface area (Å²) in [5, 5.41) is 3.55. The summed E-state index contributed by atoms with van der Waals surface area (Å²) in [5.74, 6) is -0.0456. The molecule has 1 aromatic carbocycles. The van der Waals surface area contributed by atoms with Crippen LogP contribution >= 0.6 is 0 Å². The van der Waals surface area contributed by atoms with Crippen LogP contribution in [0, 0.1) is 5.82 Å². The number of amides is 1. The third-order valence-electron chi connectivity index (χ3n) is 3.80. The number of rotatable bonds is 3. The van der Waals surface area contributed by atoms with Crippen LogP contribution in [-0.4, -0.2) is 29.9 Å². The first-order valence-electron chi connectivity index (χ1n) is 6.83. The highest BCUT2D eigenvalue weighted by atomic mass is 19.1. The van der Waals surface area contributed by atoms with Gasteiger partial charge < -0.3 is 10.2 Å². The maximum Gasteiger partial charge on any atom is 0.219 e. The van der Waals surface area contributed by atoms with Crippen molar-refractivity contribution in [1.29, 1.82) is 0 Å². The van der Waals surface area contributed by atoms with Gasteiger partial charge in [0.15, 0.2) is 0 Å². The molecule has 1 fully saturated rings. The average molecular weight is 264 g/mol. The quantitative estimate of drug-likeness (QED) is 0.909. The van der Waals surface area contributed by atoms with Gasteiger partial charge in [0.1, 0.15) is 5.82 Å².